The number of benzene rings is 2. The van der Waals surface area contributed by atoms with Gasteiger partial charge in [0.2, 0.25) is 5.13 Å². The predicted molar refractivity (Wildman–Crippen MR) is 105 cm³/mol. The summed E-state index contributed by atoms with van der Waals surface area (Å²) in [7, 11) is -2.32. The van der Waals surface area contributed by atoms with Crippen molar-refractivity contribution in [1.82, 2.24) is 14.8 Å². The molecule has 4 rings (SSSR count). The topological polar surface area (TPSA) is 86.1 Å². The lowest BCUT2D eigenvalue weighted by atomic mass is 10.3. The molecule has 0 aliphatic rings. The molecule has 28 heavy (non-hydrogen) atoms. The third kappa shape index (κ3) is 3.43. The molecule has 0 radical (unpaired) electrons. The Bertz CT molecular complexity index is 1260. The Morgan fingerprint density at radius 3 is 2.61 bits per heavy atom. The molecule has 0 aliphatic carbocycles. The number of halogens is 1. The maximum absolute atomic E-state index is 13.1. The first-order chi connectivity index (χ1) is 13.4. The highest BCUT2D eigenvalue weighted by molar-refractivity contribution is 7.92. The van der Waals surface area contributed by atoms with Crippen molar-refractivity contribution >= 4 is 37.4 Å². The smallest absolute Gasteiger partial charge is 0.263 e. The van der Waals surface area contributed by atoms with E-state index >= 15 is 0 Å². The molecule has 0 aliphatic heterocycles. The Balaban J connectivity index is 1.74. The zero-order chi connectivity index (χ0) is 19.9. The Morgan fingerprint density at radius 2 is 1.89 bits per heavy atom. The van der Waals surface area contributed by atoms with Gasteiger partial charge in [-0.3, -0.25) is 4.72 Å². The molecular weight excluding hydrogens is 403 g/mol. The molecule has 0 saturated heterocycles. The molecule has 144 valence electrons. The summed E-state index contributed by atoms with van der Waals surface area (Å²) in [5.41, 5.74) is 1.37. The van der Waals surface area contributed by atoms with Crippen LogP contribution < -0.4 is 9.46 Å². The molecule has 0 spiro atoms. The number of hydrogen-bond donors (Lipinski definition) is 1. The van der Waals surface area contributed by atoms with Gasteiger partial charge in [0.05, 0.1) is 27.9 Å². The maximum atomic E-state index is 13.1. The van der Waals surface area contributed by atoms with E-state index in [0.29, 0.717) is 16.6 Å². The fourth-order valence-electron chi connectivity index (χ4n) is 2.64. The van der Waals surface area contributed by atoms with Crippen LogP contribution in [0.15, 0.2) is 53.4 Å². The number of nitrogens with one attached hydrogen (secondary N) is 1. The summed E-state index contributed by atoms with van der Waals surface area (Å²) in [6.07, 6.45) is 0. The van der Waals surface area contributed by atoms with Crippen LogP contribution in [0.5, 0.6) is 5.75 Å². The number of aryl methyl sites for hydroxylation is 1. The summed E-state index contributed by atoms with van der Waals surface area (Å²) >= 11 is 1.36. The van der Waals surface area contributed by atoms with Gasteiger partial charge < -0.3 is 4.74 Å². The highest BCUT2D eigenvalue weighted by Crippen LogP contribution is 2.30. The van der Waals surface area contributed by atoms with Gasteiger partial charge in [0.25, 0.3) is 10.0 Å². The van der Waals surface area contributed by atoms with Crippen molar-refractivity contribution in [3.05, 3.63) is 60.0 Å². The summed E-state index contributed by atoms with van der Waals surface area (Å²) in [6, 6.07) is 11.7. The summed E-state index contributed by atoms with van der Waals surface area (Å²) in [5, 5.41) is 4.86. The van der Waals surface area contributed by atoms with Crippen LogP contribution in [0.1, 0.15) is 5.69 Å². The Hall–Kier alpha value is -2.98. The van der Waals surface area contributed by atoms with E-state index < -0.39 is 15.8 Å². The minimum absolute atomic E-state index is 0.0478. The average Bonchev–Trinajstić information content (AvgIpc) is 3.23. The molecule has 0 fully saturated rings. The number of nitrogens with zero attached hydrogens (tertiary/aromatic N) is 3. The second-order valence-electron chi connectivity index (χ2n) is 5.97. The number of ether oxygens (including phenoxy) is 1. The van der Waals surface area contributed by atoms with E-state index in [0.717, 1.165) is 22.3 Å². The number of rotatable bonds is 5. The Labute approximate surface area is 164 Å². The molecule has 2 heterocycles. The maximum Gasteiger partial charge on any atom is 0.263 e. The van der Waals surface area contributed by atoms with Crippen molar-refractivity contribution < 1.29 is 17.5 Å². The van der Waals surface area contributed by atoms with Crippen LogP contribution in [-0.4, -0.2) is 30.3 Å². The van der Waals surface area contributed by atoms with Crippen molar-refractivity contribution in [2.24, 2.45) is 0 Å². The van der Waals surface area contributed by atoms with Crippen molar-refractivity contribution in [2.75, 3.05) is 11.8 Å². The third-order valence-corrected chi connectivity index (χ3v) is 6.32. The van der Waals surface area contributed by atoms with E-state index in [4.69, 9.17) is 4.74 Å². The van der Waals surface area contributed by atoms with Crippen molar-refractivity contribution in [2.45, 2.75) is 11.8 Å². The van der Waals surface area contributed by atoms with Gasteiger partial charge in [0.1, 0.15) is 17.4 Å². The van der Waals surface area contributed by atoms with Gasteiger partial charge in [0, 0.05) is 6.07 Å². The molecule has 1 N–H and O–H groups in total. The van der Waals surface area contributed by atoms with E-state index in [2.05, 4.69) is 14.8 Å². The van der Waals surface area contributed by atoms with Crippen LogP contribution in [0.4, 0.5) is 10.2 Å². The van der Waals surface area contributed by atoms with Gasteiger partial charge in [-0.25, -0.2) is 17.8 Å². The number of aromatic nitrogens is 3. The van der Waals surface area contributed by atoms with Gasteiger partial charge in [-0.15, -0.1) is 0 Å². The zero-order valence-electron chi connectivity index (χ0n) is 14.9. The van der Waals surface area contributed by atoms with Gasteiger partial charge >= 0.3 is 0 Å². The molecule has 10 heteroatoms. The molecular formula is C18H15FN4O3S2. The fourth-order valence-corrected chi connectivity index (χ4v) is 4.63. The van der Waals surface area contributed by atoms with Crippen molar-refractivity contribution in [3.8, 4) is 10.9 Å². The minimum atomic E-state index is -3.91. The summed E-state index contributed by atoms with van der Waals surface area (Å²) in [4.78, 5) is 4.48. The average molecular weight is 418 g/mol. The van der Waals surface area contributed by atoms with Gasteiger partial charge in [-0.05, 0) is 49.4 Å². The van der Waals surface area contributed by atoms with E-state index in [1.54, 1.807) is 26.2 Å². The fraction of sp³-hybridized carbons (Fsp3) is 0.111. The van der Waals surface area contributed by atoms with Gasteiger partial charge in [-0.1, -0.05) is 11.3 Å². The zero-order valence-corrected chi connectivity index (χ0v) is 16.5. The van der Waals surface area contributed by atoms with E-state index in [1.807, 2.05) is 12.1 Å². The Morgan fingerprint density at radius 1 is 1.14 bits per heavy atom. The monoisotopic (exact) mass is 418 g/mol. The SMILES string of the molecule is COc1ccc2nc(-n3nc(C)cc3NS(=O)(=O)c3ccc(F)cc3)sc2c1. The first-order valence-electron chi connectivity index (χ1n) is 8.16. The summed E-state index contributed by atoms with van der Waals surface area (Å²) in [5.74, 6) is 0.439. The molecule has 7 nitrogen and oxygen atoms in total. The first-order valence-corrected chi connectivity index (χ1v) is 10.5. The highest BCUT2D eigenvalue weighted by Gasteiger charge is 2.20. The lowest BCUT2D eigenvalue weighted by Gasteiger charge is -2.08. The first kappa shape index (κ1) is 18.4. The number of thiazole rings is 1. The predicted octanol–water partition coefficient (Wildman–Crippen LogP) is 3.74. The normalized spacial score (nSPS) is 11.7. The van der Waals surface area contributed by atoms with Crippen molar-refractivity contribution in [1.29, 1.82) is 0 Å². The number of hydrogen-bond acceptors (Lipinski definition) is 6. The van der Waals surface area contributed by atoms with Crippen molar-refractivity contribution in [3.63, 3.8) is 0 Å². The molecule has 0 amide bonds. The van der Waals surface area contributed by atoms with Gasteiger partial charge in [-0.2, -0.15) is 9.78 Å². The van der Waals surface area contributed by atoms with E-state index in [-0.39, 0.29) is 10.7 Å². The molecule has 2 aromatic heterocycles. The molecule has 0 saturated carbocycles. The summed E-state index contributed by atoms with van der Waals surface area (Å²) in [6.45, 7) is 1.75. The second kappa shape index (κ2) is 6.88. The van der Waals surface area contributed by atoms with E-state index in [9.17, 15) is 12.8 Å². The lowest BCUT2D eigenvalue weighted by molar-refractivity contribution is 0.415. The van der Waals surface area contributed by atoms with Gasteiger partial charge in [0.15, 0.2) is 0 Å². The van der Waals surface area contributed by atoms with Crippen LogP contribution >= 0.6 is 11.3 Å². The number of methoxy groups -OCH3 is 1. The summed E-state index contributed by atoms with van der Waals surface area (Å²) < 4.78 is 48.5. The standard InChI is InChI=1S/C18H15FN4O3S2/c1-11-9-17(22-28(24,25)14-6-3-12(19)4-7-14)23(21-11)18-20-15-8-5-13(26-2)10-16(15)27-18/h3-10,22H,1-2H3. The number of fused-ring (bicyclic) bond motifs is 1. The lowest BCUT2D eigenvalue weighted by Crippen LogP contribution is -2.15. The number of sulfonamides is 1. The van der Waals surface area contributed by atoms with Crippen LogP contribution in [0.3, 0.4) is 0 Å². The van der Waals surface area contributed by atoms with Crippen LogP contribution in [-0.2, 0) is 10.0 Å². The Kier molecular flexibility index (Phi) is 4.52. The van der Waals surface area contributed by atoms with Crippen LogP contribution in [0, 0.1) is 12.7 Å². The van der Waals surface area contributed by atoms with E-state index in [1.165, 1.54) is 28.2 Å². The van der Waals surface area contributed by atoms with Crippen LogP contribution in [0.25, 0.3) is 15.3 Å². The third-order valence-electron chi connectivity index (χ3n) is 3.96. The highest BCUT2D eigenvalue weighted by atomic mass is 32.2. The molecule has 4 aromatic rings. The second-order valence-corrected chi connectivity index (χ2v) is 8.66. The molecule has 0 atom stereocenters. The molecule has 2 aromatic carbocycles. The number of anilines is 1. The minimum Gasteiger partial charge on any atom is -0.497 e. The molecule has 0 unspecified atom stereocenters. The largest absolute Gasteiger partial charge is 0.497 e. The molecule has 0 bridgehead atoms. The quantitative estimate of drug-likeness (QED) is 0.534. The van der Waals surface area contributed by atoms with Crippen LogP contribution in [0.2, 0.25) is 0 Å².